The molecule has 2 rings (SSSR count). The first kappa shape index (κ1) is 14.7. The molecule has 0 radical (unpaired) electrons. The van der Waals surface area contributed by atoms with E-state index in [9.17, 15) is 9.90 Å². The van der Waals surface area contributed by atoms with Crippen molar-refractivity contribution in [2.24, 2.45) is 0 Å². The van der Waals surface area contributed by atoms with Gasteiger partial charge in [-0.05, 0) is 25.5 Å². The van der Waals surface area contributed by atoms with Crippen LogP contribution in [-0.2, 0) is 16.0 Å². The number of hydrogen-bond acceptors (Lipinski definition) is 5. The molecule has 0 saturated heterocycles. The zero-order chi connectivity index (χ0) is 14.7. The molecule has 2 atom stereocenters. The maximum atomic E-state index is 11.1. The van der Waals surface area contributed by atoms with Crippen molar-refractivity contribution in [1.82, 2.24) is 0 Å². The SMILES string of the molecule is COC(=O)CCC(O)c1cc2c(cc1OC)CC(C)O2. The maximum Gasteiger partial charge on any atom is 0.305 e. The maximum absolute atomic E-state index is 11.1. The molecule has 0 aromatic heterocycles. The average molecular weight is 280 g/mol. The van der Waals surface area contributed by atoms with Crippen LogP contribution < -0.4 is 9.47 Å². The Bertz CT molecular complexity index is 497. The highest BCUT2D eigenvalue weighted by molar-refractivity contribution is 5.69. The molecule has 5 heteroatoms. The molecule has 0 fully saturated rings. The summed E-state index contributed by atoms with van der Waals surface area (Å²) >= 11 is 0. The predicted molar refractivity (Wildman–Crippen MR) is 73.0 cm³/mol. The molecule has 0 amide bonds. The van der Waals surface area contributed by atoms with Gasteiger partial charge in [0.2, 0.25) is 0 Å². The van der Waals surface area contributed by atoms with E-state index < -0.39 is 6.10 Å². The lowest BCUT2D eigenvalue weighted by Gasteiger charge is -2.16. The zero-order valence-electron chi connectivity index (χ0n) is 12.0. The van der Waals surface area contributed by atoms with Crippen molar-refractivity contribution in [2.75, 3.05) is 14.2 Å². The number of fused-ring (bicyclic) bond motifs is 1. The summed E-state index contributed by atoms with van der Waals surface area (Å²) in [6, 6.07) is 3.70. The summed E-state index contributed by atoms with van der Waals surface area (Å²) in [6.07, 6.45) is 0.641. The lowest BCUT2D eigenvalue weighted by molar-refractivity contribution is -0.141. The summed E-state index contributed by atoms with van der Waals surface area (Å²) < 4.78 is 15.6. The third-order valence-corrected chi connectivity index (χ3v) is 3.46. The number of carbonyl (C=O) groups excluding carboxylic acids is 1. The van der Waals surface area contributed by atoms with Crippen LogP contribution in [-0.4, -0.2) is 31.4 Å². The van der Waals surface area contributed by atoms with E-state index in [-0.39, 0.29) is 24.9 Å². The average Bonchev–Trinajstić information content (AvgIpc) is 2.81. The Hall–Kier alpha value is -1.75. The van der Waals surface area contributed by atoms with E-state index in [0.717, 1.165) is 17.7 Å². The summed E-state index contributed by atoms with van der Waals surface area (Å²) in [4.78, 5) is 11.1. The lowest BCUT2D eigenvalue weighted by atomic mass is 10.00. The number of rotatable bonds is 5. The van der Waals surface area contributed by atoms with Gasteiger partial charge < -0.3 is 19.3 Å². The van der Waals surface area contributed by atoms with Gasteiger partial charge in [0.1, 0.15) is 17.6 Å². The summed E-state index contributed by atoms with van der Waals surface area (Å²) in [7, 11) is 2.90. The second-order valence-electron chi connectivity index (χ2n) is 4.97. The van der Waals surface area contributed by atoms with Gasteiger partial charge in [-0.15, -0.1) is 0 Å². The van der Waals surface area contributed by atoms with Crippen LogP contribution in [0.3, 0.4) is 0 Å². The van der Waals surface area contributed by atoms with Gasteiger partial charge in [-0.3, -0.25) is 4.79 Å². The van der Waals surface area contributed by atoms with Crippen molar-refractivity contribution in [3.63, 3.8) is 0 Å². The first-order chi connectivity index (χ1) is 9.55. The molecule has 20 heavy (non-hydrogen) atoms. The Morgan fingerprint density at radius 1 is 1.50 bits per heavy atom. The van der Waals surface area contributed by atoms with Gasteiger partial charge in [-0.25, -0.2) is 0 Å². The van der Waals surface area contributed by atoms with E-state index >= 15 is 0 Å². The zero-order valence-corrected chi connectivity index (χ0v) is 12.0. The lowest BCUT2D eigenvalue weighted by Crippen LogP contribution is -2.06. The van der Waals surface area contributed by atoms with E-state index in [1.165, 1.54) is 7.11 Å². The number of aliphatic hydroxyl groups is 1. The van der Waals surface area contributed by atoms with Gasteiger partial charge in [0.05, 0.1) is 20.3 Å². The molecular formula is C15H20O5. The van der Waals surface area contributed by atoms with Crippen LogP contribution in [0.15, 0.2) is 12.1 Å². The highest BCUT2D eigenvalue weighted by Gasteiger charge is 2.24. The van der Waals surface area contributed by atoms with E-state index in [2.05, 4.69) is 4.74 Å². The van der Waals surface area contributed by atoms with Gasteiger partial charge in [-0.1, -0.05) is 0 Å². The third-order valence-electron chi connectivity index (χ3n) is 3.46. The number of benzene rings is 1. The second kappa shape index (κ2) is 6.13. The fraction of sp³-hybridized carbons (Fsp3) is 0.533. The minimum Gasteiger partial charge on any atom is -0.496 e. The molecule has 1 aliphatic heterocycles. The molecule has 0 aliphatic carbocycles. The third kappa shape index (κ3) is 3.04. The summed E-state index contributed by atoms with van der Waals surface area (Å²) in [5.41, 5.74) is 1.72. The Balaban J connectivity index is 2.18. The number of hydrogen-bond donors (Lipinski definition) is 1. The smallest absolute Gasteiger partial charge is 0.305 e. The number of carbonyl (C=O) groups is 1. The molecular weight excluding hydrogens is 260 g/mol. The Labute approximate surface area is 118 Å². The Morgan fingerprint density at radius 3 is 2.90 bits per heavy atom. The highest BCUT2D eigenvalue weighted by Crippen LogP contribution is 2.38. The first-order valence-electron chi connectivity index (χ1n) is 6.67. The molecule has 0 bridgehead atoms. The molecule has 0 spiro atoms. The highest BCUT2D eigenvalue weighted by atomic mass is 16.5. The van der Waals surface area contributed by atoms with Crippen LogP contribution in [0.5, 0.6) is 11.5 Å². The molecule has 1 aromatic carbocycles. The number of esters is 1. The fourth-order valence-corrected chi connectivity index (χ4v) is 2.40. The monoisotopic (exact) mass is 280 g/mol. The van der Waals surface area contributed by atoms with E-state index in [1.54, 1.807) is 13.2 Å². The standard InChI is InChI=1S/C15H20O5/c1-9-6-10-7-14(18-2)11(8-13(10)20-9)12(16)4-5-15(17)19-3/h7-9,12,16H,4-6H2,1-3H3. The summed E-state index contributed by atoms with van der Waals surface area (Å²) in [5.74, 6) is 1.07. The Kier molecular flexibility index (Phi) is 4.49. The molecule has 2 unspecified atom stereocenters. The van der Waals surface area contributed by atoms with Crippen LogP contribution in [0.4, 0.5) is 0 Å². The topological polar surface area (TPSA) is 65.0 Å². The molecule has 5 nitrogen and oxygen atoms in total. The summed E-state index contributed by atoms with van der Waals surface area (Å²) in [5, 5.41) is 10.2. The minimum atomic E-state index is -0.783. The van der Waals surface area contributed by atoms with Crippen LogP contribution >= 0.6 is 0 Å². The number of ether oxygens (including phenoxy) is 3. The van der Waals surface area contributed by atoms with Crippen LogP contribution in [0.25, 0.3) is 0 Å². The first-order valence-corrected chi connectivity index (χ1v) is 6.67. The van der Waals surface area contributed by atoms with Gasteiger partial charge >= 0.3 is 5.97 Å². The molecule has 110 valence electrons. The van der Waals surface area contributed by atoms with E-state index in [4.69, 9.17) is 9.47 Å². The molecule has 1 heterocycles. The molecule has 1 aliphatic rings. The Morgan fingerprint density at radius 2 is 2.25 bits per heavy atom. The molecule has 1 aromatic rings. The van der Waals surface area contributed by atoms with Gasteiger partial charge in [0.15, 0.2) is 0 Å². The van der Waals surface area contributed by atoms with Crippen molar-refractivity contribution < 1.29 is 24.1 Å². The second-order valence-corrected chi connectivity index (χ2v) is 4.97. The number of methoxy groups -OCH3 is 2. The van der Waals surface area contributed by atoms with Crippen molar-refractivity contribution >= 4 is 5.97 Å². The normalized spacial score (nSPS) is 18.1. The van der Waals surface area contributed by atoms with Gasteiger partial charge in [0.25, 0.3) is 0 Å². The van der Waals surface area contributed by atoms with Crippen LogP contribution in [0, 0.1) is 0 Å². The number of aliphatic hydroxyl groups excluding tert-OH is 1. The van der Waals surface area contributed by atoms with Crippen molar-refractivity contribution in [3.8, 4) is 11.5 Å². The summed E-state index contributed by atoms with van der Waals surface area (Å²) in [6.45, 7) is 2.00. The van der Waals surface area contributed by atoms with Crippen LogP contribution in [0.2, 0.25) is 0 Å². The van der Waals surface area contributed by atoms with Crippen molar-refractivity contribution in [1.29, 1.82) is 0 Å². The minimum absolute atomic E-state index is 0.136. The van der Waals surface area contributed by atoms with Crippen molar-refractivity contribution in [2.45, 2.75) is 38.4 Å². The largest absolute Gasteiger partial charge is 0.496 e. The van der Waals surface area contributed by atoms with Crippen molar-refractivity contribution in [3.05, 3.63) is 23.3 Å². The van der Waals surface area contributed by atoms with Gasteiger partial charge in [0, 0.05) is 24.0 Å². The fourth-order valence-electron chi connectivity index (χ4n) is 2.40. The quantitative estimate of drug-likeness (QED) is 0.836. The van der Waals surface area contributed by atoms with Gasteiger partial charge in [-0.2, -0.15) is 0 Å². The predicted octanol–water partition coefficient (Wildman–Crippen LogP) is 2.01. The van der Waals surface area contributed by atoms with Crippen LogP contribution in [0.1, 0.15) is 37.0 Å². The molecule has 1 N–H and O–H groups in total. The van der Waals surface area contributed by atoms with E-state index in [0.29, 0.717) is 11.3 Å². The molecule has 0 saturated carbocycles. The van der Waals surface area contributed by atoms with E-state index in [1.807, 2.05) is 13.0 Å².